The lowest BCUT2D eigenvalue weighted by atomic mass is 10.1. The Morgan fingerprint density at radius 3 is 3.00 bits per heavy atom. The molecule has 0 amide bonds. The molecule has 14 heavy (non-hydrogen) atoms. The first kappa shape index (κ1) is 9.43. The van der Waals surface area contributed by atoms with E-state index in [1.807, 2.05) is 0 Å². The largest absolute Gasteiger partial charge is 0.496 e. The van der Waals surface area contributed by atoms with E-state index in [1.165, 1.54) is 24.5 Å². The number of ether oxygens (including phenoxy) is 1. The summed E-state index contributed by atoms with van der Waals surface area (Å²) < 4.78 is 19.2. The van der Waals surface area contributed by atoms with Crippen molar-refractivity contribution in [2.24, 2.45) is 0 Å². The zero-order valence-electron chi connectivity index (χ0n) is 7.58. The molecule has 2 rings (SSSR count). The quantitative estimate of drug-likeness (QED) is 0.829. The Hall–Kier alpha value is -1.13. The fourth-order valence-corrected chi connectivity index (χ4v) is 2.39. The van der Waals surface area contributed by atoms with E-state index in [0.29, 0.717) is 16.7 Å². The summed E-state index contributed by atoms with van der Waals surface area (Å²) in [4.78, 5) is 0. The average molecular weight is 212 g/mol. The van der Waals surface area contributed by atoms with Crippen LogP contribution in [0.1, 0.15) is 5.56 Å². The van der Waals surface area contributed by atoms with Gasteiger partial charge in [-0.05, 0) is 11.4 Å². The summed E-state index contributed by atoms with van der Waals surface area (Å²) >= 11 is 1.40. The number of aliphatic hydroxyl groups is 1. The second kappa shape index (κ2) is 3.55. The third-order valence-electron chi connectivity index (χ3n) is 2.13. The van der Waals surface area contributed by atoms with Crippen LogP contribution in [0.4, 0.5) is 4.39 Å². The number of thiophene rings is 1. The molecule has 1 aromatic heterocycles. The fourth-order valence-electron chi connectivity index (χ4n) is 1.45. The number of rotatable bonds is 2. The summed E-state index contributed by atoms with van der Waals surface area (Å²) in [6.45, 7) is -0.138. The van der Waals surface area contributed by atoms with Gasteiger partial charge >= 0.3 is 0 Å². The van der Waals surface area contributed by atoms with Crippen molar-refractivity contribution >= 4 is 21.4 Å². The highest BCUT2D eigenvalue weighted by molar-refractivity contribution is 7.17. The van der Waals surface area contributed by atoms with E-state index in [-0.39, 0.29) is 12.4 Å². The minimum Gasteiger partial charge on any atom is -0.496 e. The molecule has 0 saturated carbocycles. The molecule has 1 heterocycles. The molecule has 74 valence electrons. The SMILES string of the molecule is COc1cc(F)c2ccsc2c1CO. The first-order valence-electron chi connectivity index (χ1n) is 4.11. The van der Waals surface area contributed by atoms with Crippen molar-refractivity contribution < 1.29 is 14.2 Å². The van der Waals surface area contributed by atoms with E-state index < -0.39 is 0 Å². The third-order valence-corrected chi connectivity index (χ3v) is 3.10. The lowest BCUT2D eigenvalue weighted by Crippen LogP contribution is -1.93. The lowest BCUT2D eigenvalue weighted by molar-refractivity contribution is 0.275. The summed E-state index contributed by atoms with van der Waals surface area (Å²) in [5.41, 5.74) is 0.652. The Labute approximate surface area is 84.6 Å². The summed E-state index contributed by atoms with van der Waals surface area (Å²) in [5.74, 6) is 0.0928. The van der Waals surface area contributed by atoms with Gasteiger partial charge in [0.1, 0.15) is 11.6 Å². The van der Waals surface area contributed by atoms with E-state index in [0.717, 1.165) is 4.70 Å². The Balaban J connectivity index is 2.82. The van der Waals surface area contributed by atoms with Crippen LogP contribution < -0.4 is 4.74 Å². The van der Waals surface area contributed by atoms with E-state index in [2.05, 4.69) is 0 Å². The van der Waals surface area contributed by atoms with E-state index in [9.17, 15) is 4.39 Å². The Morgan fingerprint density at radius 2 is 2.36 bits per heavy atom. The van der Waals surface area contributed by atoms with Crippen molar-refractivity contribution in [1.82, 2.24) is 0 Å². The summed E-state index contributed by atoms with van der Waals surface area (Å²) in [7, 11) is 1.47. The molecule has 0 radical (unpaired) electrons. The zero-order valence-corrected chi connectivity index (χ0v) is 8.40. The van der Waals surface area contributed by atoms with Crippen LogP contribution in [0, 0.1) is 5.82 Å². The minimum absolute atomic E-state index is 0.138. The average Bonchev–Trinajstić information content (AvgIpc) is 2.66. The number of fused-ring (bicyclic) bond motifs is 1. The molecule has 0 atom stereocenters. The van der Waals surface area contributed by atoms with Gasteiger partial charge < -0.3 is 9.84 Å². The van der Waals surface area contributed by atoms with Gasteiger partial charge in [-0.1, -0.05) is 0 Å². The van der Waals surface area contributed by atoms with E-state index in [1.54, 1.807) is 11.4 Å². The summed E-state index contributed by atoms with van der Waals surface area (Å²) in [6.07, 6.45) is 0. The molecule has 4 heteroatoms. The summed E-state index contributed by atoms with van der Waals surface area (Å²) in [5, 5.41) is 11.5. The Morgan fingerprint density at radius 1 is 1.57 bits per heavy atom. The molecule has 1 aromatic carbocycles. The van der Waals surface area contributed by atoms with Gasteiger partial charge in [-0.2, -0.15) is 0 Å². The van der Waals surface area contributed by atoms with Crippen LogP contribution in [-0.2, 0) is 6.61 Å². The molecule has 2 aromatic rings. The normalized spacial score (nSPS) is 10.8. The molecule has 0 unspecified atom stereocenters. The molecular weight excluding hydrogens is 203 g/mol. The first-order chi connectivity index (χ1) is 6.77. The maximum atomic E-state index is 13.4. The van der Waals surface area contributed by atoms with Crippen LogP contribution in [0.25, 0.3) is 10.1 Å². The second-order valence-corrected chi connectivity index (χ2v) is 3.78. The van der Waals surface area contributed by atoms with Crippen LogP contribution in [0.3, 0.4) is 0 Å². The van der Waals surface area contributed by atoms with Gasteiger partial charge in [0.15, 0.2) is 0 Å². The van der Waals surface area contributed by atoms with Gasteiger partial charge in [0, 0.05) is 21.7 Å². The molecule has 1 N–H and O–H groups in total. The van der Waals surface area contributed by atoms with Gasteiger partial charge in [-0.15, -0.1) is 11.3 Å². The topological polar surface area (TPSA) is 29.5 Å². The first-order valence-corrected chi connectivity index (χ1v) is 4.99. The van der Waals surface area contributed by atoms with Crippen molar-refractivity contribution in [3.63, 3.8) is 0 Å². The van der Waals surface area contributed by atoms with E-state index >= 15 is 0 Å². The Kier molecular flexibility index (Phi) is 2.39. The standard InChI is InChI=1S/C10H9FO2S/c1-13-9-4-8(11)6-2-3-14-10(6)7(9)5-12/h2-4,12H,5H2,1H3. The van der Waals surface area contributed by atoms with Crippen molar-refractivity contribution in [3.05, 3.63) is 28.9 Å². The fraction of sp³-hybridized carbons (Fsp3) is 0.200. The monoisotopic (exact) mass is 212 g/mol. The van der Waals surface area contributed by atoms with Crippen LogP contribution in [0.15, 0.2) is 17.5 Å². The van der Waals surface area contributed by atoms with Crippen LogP contribution in [-0.4, -0.2) is 12.2 Å². The number of benzene rings is 1. The van der Waals surface area contributed by atoms with Crippen molar-refractivity contribution in [1.29, 1.82) is 0 Å². The number of halogens is 1. The van der Waals surface area contributed by atoms with E-state index in [4.69, 9.17) is 9.84 Å². The third kappa shape index (κ3) is 1.27. The highest BCUT2D eigenvalue weighted by Crippen LogP contribution is 2.33. The highest BCUT2D eigenvalue weighted by atomic mass is 32.1. The zero-order chi connectivity index (χ0) is 10.1. The molecule has 0 aliphatic carbocycles. The predicted molar refractivity (Wildman–Crippen MR) is 54.3 cm³/mol. The van der Waals surface area contributed by atoms with Gasteiger partial charge in [-0.25, -0.2) is 4.39 Å². The number of hydrogen-bond acceptors (Lipinski definition) is 3. The number of hydrogen-bond donors (Lipinski definition) is 1. The maximum Gasteiger partial charge on any atom is 0.135 e. The molecule has 0 aliphatic heterocycles. The van der Waals surface area contributed by atoms with Gasteiger partial charge in [0.25, 0.3) is 0 Å². The predicted octanol–water partition coefficient (Wildman–Crippen LogP) is 2.54. The van der Waals surface area contributed by atoms with Crippen LogP contribution in [0.5, 0.6) is 5.75 Å². The number of aliphatic hydroxyl groups excluding tert-OH is 1. The molecule has 0 saturated heterocycles. The van der Waals surface area contributed by atoms with Crippen LogP contribution >= 0.6 is 11.3 Å². The number of methoxy groups -OCH3 is 1. The van der Waals surface area contributed by atoms with Crippen molar-refractivity contribution in [2.45, 2.75) is 6.61 Å². The molecule has 0 spiro atoms. The van der Waals surface area contributed by atoms with Crippen molar-refractivity contribution in [3.8, 4) is 5.75 Å². The molecule has 2 nitrogen and oxygen atoms in total. The summed E-state index contributed by atoms with van der Waals surface area (Å²) in [6, 6.07) is 3.01. The van der Waals surface area contributed by atoms with Gasteiger partial charge in [0.05, 0.1) is 13.7 Å². The highest BCUT2D eigenvalue weighted by Gasteiger charge is 2.12. The second-order valence-electron chi connectivity index (χ2n) is 2.86. The lowest BCUT2D eigenvalue weighted by Gasteiger charge is -2.07. The molecule has 0 bridgehead atoms. The maximum absolute atomic E-state index is 13.4. The Bertz CT molecular complexity index is 464. The van der Waals surface area contributed by atoms with Crippen molar-refractivity contribution in [2.75, 3.05) is 7.11 Å². The molecular formula is C10H9FO2S. The smallest absolute Gasteiger partial charge is 0.135 e. The molecule has 0 fully saturated rings. The molecule has 0 aliphatic rings. The van der Waals surface area contributed by atoms with Gasteiger partial charge in [0.2, 0.25) is 0 Å². The van der Waals surface area contributed by atoms with Gasteiger partial charge in [-0.3, -0.25) is 0 Å². The minimum atomic E-state index is -0.310. The van der Waals surface area contributed by atoms with Crippen LogP contribution in [0.2, 0.25) is 0 Å².